The van der Waals surface area contributed by atoms with E-state index in [9.17, 15) is 0 Å². The highest BCUT2D eigenvalue weighted by Crippen LogP contribution is 2.29. The van der Waals surface area contributed by atoms with Crippen LogP contribution in [0.3, 0.4) is 0 Å². The number of halogens is 1. The van der Waals surface area contributed by atoms with Gasteiger partial charge in [-0.05, 0) is 52.9 Å². The second-order valence-corrected chi connectivity index (χ2v) is 6.57. The van der Waals surface area contributed by atoms with Gasteiger partial charge in [-0.2, -0.15) is 0 Å². The lowest BCUT2D eigenvalue weighted by molar-refractivity contribution is 0.491. The molecule has 0 amide bonds. The first-order valence-corrected chi connectivity index (χ1v) is 8.20. The maximum Gasteiger partial charge on any atom is 0.104 e. The molecule has 0 saturated heterocycles. The Bertz CT molecular complexity index is 442. The summed E-state index contributed by atoms with van der Waals surface area (Å²) in [6, 6.07) is 5.97. The average Bonchev–Trinajstić information content (AvgIpc) is 2.89. The van der Waals surface area contributed by atoms with Gasteiger partial charge in [0, 0.05) is 22.3 Å². The molecule has 1 saturated carbocycles. The molecule has 0 heterocycles. The minimum atomic E-state index is 0.438. The topological polar surface area (TPSA) is 38.0 Å². The Morgan fingerprint density at radius 3 is 2.74 bits per heavy atom. The van der Waals surface area contributed by atoms with Gasteiger partial charge in [-0.3, -0.25) is 0 Å². The predicted molar refractivity (Wildman–Crippen MR) is 89.7 cm³/mol. The molecule has 4 heteroatoms. The normalized spacial score (nSPS) is 15.6. The Labute approximate surface area is 129 Å². The monoisotopic (exact) mass is 340 g/mol. The van der Waals surface area contributed by atoms with Crippen LogP contribution in [0.4, 0.5) is 5.69 Å². The molecule has 3 N–H and O–H groups in total. The van der Waals surface area contributed by atoms with Crippen LogP contribution in [0.25, 0.3) is 0 Å². The van der Waals surface area contributed by atoms with Crippen molar-refractivity contribution in [3.8, 4) is 0 Å². The van der Waals surface area contributed by atoms with Gasteiger partial charge in [0.1, 0.15) is 4.99 Å². The van der Waals surface area contributed by atoms with E-state index in [2.05, 4.69) is 21.2 Å². The Kier molecular flexibility index (Phi) is 5.64. The molecule has 1 aliphatic carbocycles. The summed E-state index contributed by atoms with van der Waals surface area (Å²) in [4.78, 5) is 0.438. The van der Waals surface area contributed by atoms with E-state index in [1.165, 1.54) is 38.5 Å². The van der Waals surface area contributed by atoms with Crippen LogP contribution in [0.5, 0.6) is 0 Å². The van der Waals surface area contributed by atoms with Gasteiger partial charge in [0.05, 0.1) is 0 Å². The standard InChI is InChI=1S/C15H21BrN2S/c16-13-10-12(15(17)19)7-8-14(13)18-9-3-6-11-4-1-2-5-11/h7-8,10-11,18H,1-6,9H2,(H2,17,19). The summed E-state index contributed by atoms with van der Waals surface area (Å²) < 4.78 is 1.03. The second kappa shape index (κ2) is 7.25. The number of anilines is 1. The lowest BCUT2D eigenvalue weighted by Gasteiger charge is -2.12. The maximum atomic E-state index is 5.61. The average molecular weight is 341 g/mol. The van der Waals surface area contributed by atoms with Crippen LogP contribution in [0.15, 0.2) is 22.7 Å². The molecule has 19 heavy (non-hydrogen) atoms. The highest BCUT2D eigenvalue weighted by atomic mass is 79.9. The van der Waals surface area contributed by atoms with Crippen molar-refractivity contribution >= 4 is 38.8 Å². The molecule has 1 aliphatic rings. The summed E-state index contributed by atoms with van der Waals surface area (Å²) in [5.41, 5.74) is 7.63. The SMILES string of the molecule is NC(=S)c1ccc(NCCCC2CCCC2)c(Br)c1. The Hall–Kier alpha value is -0.610. The third-order valence-electron chi connectivity index (χ3n) is 3.83. The molecule has 0 unspecified atom stereocenters. The lowest BCUT2D eigenvalue weighted by atomic mass is 10.0. The number of thiocarbonyl (C=S) groups is 1. The van der Waals surface area contributed by atoms with Crippen molar-refractivity contribution in [2.75, 3.05) is 11.9 Å². The molecule has 0 aliphatic heterocycles. The summed E-state index contributed by atoms with van der Waals surface area (Å²) in [5.74, 6) is 0.974. The molecule has 1 fully saturated rings. The zero-order valence-corrected chi connectivity index (χ0v) is 13.5. The molecule has 0 spiro atoms. The number of rotatable bonds is 6. The van der Waals surface area contributed by atoms with E-state index in [-0.39, 0.29) is 0 Å². The van der Waals surface area contributed by atoms with Crippen LogP contribution in [-0.2, 0) is 0 Å². The van der Waals surface area contributed by atoms with Crippen molar-refractivity contribution < 1.29 is 0 Å². The van der Waals surface area contributed by atoms with Gasteiger partial charge in [-0.1, -0.05) is 37.9 Å². The van der Waals surface area contributed by atoms with E-state index in [4.69, 9.17) is 18.0 Å². The molecule has 0 radical (unpaired) electrons. The van der Waals surface area contributed by atoms with Crippen molar-refractivity contribution in [1.82, 2.24) is 0 Å². The van der Waals surface area contributed by atoms with Crippen LogP contribution in [0, 0.1) is 5.92 Å². The highest BCUT2D eigenvalue weighted by molar-refractivity contribution is 9.10. The van der Waals surface area contributed by atoms with E-state index >= 15 is 0 Å². The molecule has 1 aromatic rings. The maximum absolute atomic E-state index is 5.61. The first-order chi connectivity index (χ1) is 9.16. The second-order valence-electron chi connectivity index (χ2n) is 5.28. The quantitative estimate of drug-likeness (QED) is 0.592. The molecule has 0 aromatic heterocycles. The molecular weight excluding hydrogens is 320 g/mol. The first-order valence-electron chi connectivity index (χ1n) is 7.00. The summed E-state index contributed by atoms with van der Waals surface area (Å²) in [5, 5.41) is 3.47. The van der Waals surface area contributed by atoms with Gasteiger partial charge in [0.15, 0.2) is 0 Å². The van der Waals surface area contributed by atoms with Crippen LogP contribution in [-0.4, -0.2) is 11.5 Å². The minimum Gasteiger partial charge on any atom is -0.389 e. The van der Waals surface area contributed by atoms with E-state index in [0.717, 1.165) is 28.2 Å². The number of benzene rings is 1. The summed E-state index contributed by atoms with van der Waals surface area (Å²) in [6.07, 6.45) is 8.34. The van der Waals surface area contributed by atoms with Crippen LogP contribution in [0.1, 0.15) is 44.1 Å². The molecule has 1 aromatic carbocycles. The molecule has 2 rings (SSSR count). The fourth-order valence-corrected chi connectivity index (χ4v) is 3.37. The molecule has 0 bridgehead atoms. The van der Waals surface area contributed by atoms with Crippen LogP contribution < -0.4 is 11.1 Å². The van der Waals surface area contributed by atoms with Crippen LogP contribution in [0.2, 0.25) is 0 Å². The number of nitrogens with two attached hydrogens (primary N) is 1. The fourth-order valence-electron chi connectivity index (χ4n) is 2.72. The van der Waals surface area contributed by atoms with Crippen molar-refractivity contribution in [3.63, 3.8) is 0 Å². The third kappa shape index (κ3) is 4.46. The minimum absolute atomic E-state index is 0.438. The van der Waals surface area contributed by atoms with Crippen molar-refractivity contribution in [2.24, 2.45) is 11.7 Å². The Morgan fingerprint density at radius 1 is 1.37 bits per heavy atom. The Morgan fingerprint density at radius 2 is 2.11 bits per heavy atom. The molecule has 104 valence electrons. The predicted octanol–water partition coefficient (Wildman–Crippen LogP) is 4.47. The van der Waals surface area contributed by atoms with Gasteiger partial charge >= 0.3 is 0 Å². The van der Waals surface area contributed by atoms with Crippen LogP contribution >= 0.6 is 28.1 Å². The number of hydrogen-bond acceptors (Lipinski definition) is 2. The fraction of sp³-hybridized carbons (Fsp3) is 0.533. The molecule has 2 nitrogen and oxygen atoms in total. The number of hydrogen-bond donors (Lipinski definition) is 2. The van der Waals surface area contributed by atoms with Crippen molar-refractivity contribution in [3.05, 3.63) is 28.2 Å². The van der Waals surface area contributed by atoms with Gasteiger partial charge in [-0.15, -0.1) is 0 Å². The van der Waals surface area contributed by atoms with Gasteiger partial charge in [0.25, 0.3) is 0 Å². The van der Waals surface area contributed by atoms with Gasteiger partial charge in [0.2, 0.25) is 0 Å². The third-order valence-corrected chi connectivity index (χ3v) is 4.72. The van der Waals surface area contributed by atoms with Crippen molar-refractivity contribution in [2.45, 2.75) is 38.5 Å². The number of nitrogens with one attached hydrogen (secondary N) is 1. The zero-order valence-electron chi connectivity index (χ0n) is 11.1. The summed E-state index contributed by atoms with van der Waals surface area (Å²) in [7, 11) is 0. The van der Waals surface area contributed by atoms with Gasteiger partial charge in [-0.25, -0.2) is 0 Å². The van der Waals surface area contributed by atoms with E-state index in [1.54, 1.807) is 0 Å². The molecular formula is C15H21BrN2S. The van der Waals surface area contributed by atoms with E-state index in [0.29, 0.717) is 4.99 Å². The van der Waals surface area contributed by atoms with E-state index < -0.39 is 0 Å². The molecule has 0 atom stereocenters. The van der Waals surface area contributed by atoms with Crippen molar-refractivity contribution in [1.29, 1.82) is 0 Å². The lowest BCUT2D eigenvalue weighted by Crippen LogP contribution is -2.10. The van der Waals surface area contributed by atoms with E-state index in [1.807, 2.05) is 18.2 Å². The largest absolute Gasteiger partial charge is 0.389 e. The zero-order chi connectivity index (χ0) is 13.7. The highest BCUT2D eigenvalue weighted by Gasteiger charge is 2.13. The summed E-state index contributed by atoms with van der Waals surface area (Å²) >= 11 is 8.53. The first kappa shape index (κ1) is 14.8. The van der Waals surface area contributed by atoms with Gasteiger partial charge < -0.3 is 11.1 Å². The smallest absolute Gasteiger partial charge is 0.104 e. The Balaban J connectivity index is 1.77. The summed E-state index contributed by atoms with van der Waals surface area (Å²) in [6.45, 7) is 1.03.